The molecule has 0 atom stereocenters. The molecule has 0 heterocycles. The van der Waals surface area contributed by atoms with Crippen molar-refractivity contribution in [2.45, 2.75) is 6.61 Å². The predicted molar refractivity (Wildman–Crippen MR) is 110 cm³/mol. The van der Waals surface area contributed by atoms with E-state index in [1.54, 1.807) is 18.3 Å². The Hall–Kier alpha value is -3.31. The largest absolute Gasteiger partial charge is 0.496 e. The number of methoxy groups -OCH3 is 1. The zero-order valence-electron chi connectivity index (χ0n) is 15.3. The number of carbonyl (C=O) groups is 1. The van der Waals surface area contributed by atoms with Gasteiger partial charge in [-0.25, -0.2) is 5.43 Å². The first-order chi connectivity index (χ1) is 13.7. The molecule has 0 aromatic heterocycles. The van der Waals surface area contributed by atoms with Gasteiger partial charge in [0.25, 0.3) is 5.91 Å². The van der Waals surface area contributed by atoms with Crippen LogP contribution in [-0.4, -0.2) is 19.2 Å². The van der Waals surface area contributed by atoms with Gasteiger partial charge in [-0.3, -0.25) is 4.79 Å². The molecule has 0 unspecified atom stereocenters. The summed E-state index contributed by atoms with van der Waals surface area (Å²) in [6.45, 7) is 0.479. The lowest BCUT2D eigenvalue weighted by Crippen LogP contribution is -2.18. The quantitative estimate of drug-likeness (QED) is 0.467. The maximum Gasteiger partial charge on any atom is 0.275 e. The fraction of sp³-hybridized carbons (Fsp3) is 0.0909. The Kier molecular flexibility index (Phi) is 6.65. The Morgan fingerprint density at radius 3 is 2.68 bits per heavy atom. The number of halogens is 1. The van der Waals surface area contributed by atoms with E-state index in [9.17, 15) is 4.79 Å². The van der Waals surface area contributed by atoms with E-state index >= 15 is 0 Å². The standard InChI is InChI=1S/C22H19ClN2O3/c1-27-21-11-10-18(23)13-20(21)22(26)25-24-14-17-8-5-9-19(12-17)28-15-16-6-3-2-4-7-16/h2-14H,15H2,1H3,(H,25,26). The van der Waals surface area contributed by atoms with Crippen LogP contribution in [-0.2, 0) is 6.61 Å². The maximum absolute atomic E-state index is 12.3. The number of nitrogens with one attached hydrogen (secondary N) is 1. The van der Waals surface area contributed by atoms with E-state index in [2.05, 4.69) is 10.5 Å². The summed E-state index contributed by atoms with van der Waals surface area (Å²) in [4.78, 5) is 12.3. The zero-order chi connectivity index (χ0) is 19.8. The second kappa shape index (κ2) is 9.58. The first-order valence-electron chi connectivity index (χ1n) is 8.59. The smallest absolute Gasteiger partial charge is 0.275 e. The minimum absolute atomic E-state index is 0.312. The molecule has 0 saturated carbocycles. The normalized spacial score (nSPS) is 10.6. The fourth-order valence-electron chi connectivity index (χ4n) is 2.51. The number of hydrogen-bond acceptors (Lipinski definition) is 4. The van der Waals surface area contributed by atoms with Crippen molar-refractivity contribution in [1.82, 2.24) is 5.43 Å². The summed E-state index contributed by atoms with van der Waals surface area (Å²) in [5, 5.41) is 4.45. The third kappa shape index (κ3) is 5.34. The van der Waals surface area contributed by atoms with Gasteiger partial charge in [-0.05, 0) is 41.5 Å². The van der Waals surface area contributed by atoms with E-state index in [1.807, 2.05) is 54.6 Å². The molecule has 0 aliphatic rings. The molecule has 6 heteroatoms. The Labute approximate surface area is 168 Å². The van der Waals surface area contributed by atoms with Gasteiger partial charge in [0, 0.05) is 5.02 Å². The average molecular weight is 395 g/mol. The number of amides is 1. The van der Waals surface area contributed by atoms with Crippen molar-refractivity contribution < 1.29 is 14.3 Å². The molecular formula is C22H19ClN2O3. The van der Waals surface area contributed by atoms with E-state index in [0.717, 1.165) is 16.9 Å². The van der Waals surface area contributed by atoms with Crippen molar-refractivity contribution in [2.75, 3.05) is 7.11 Å². The number of hydrazone groups is 1. The van der Waals surface area contributed by atoms with Crippen LogP contribution >= 0.6 is 11.6 Å². The van der Waals surface area contributed by atoms with Gasteiger partial charge in [-0.15, -0.1) is 0 Å². The van der Waals surface area contributed by atoms with E-state index in [1.165, 1.54) is 13.2 Å². The summed E-state index contributed by atoms with van der Waals surface area (Å²) < 4.78 is 11.0. The molecule has 3 rings (SSSR count). The lowest BCUT2D eigenvalue weighted by Gasteiger charge is -2.08. The van der Waals surface area contributed by atoms with Crippen LogP contribution in [0.2, 0.25) is 5.02 Å². The van der Waals surface area contributed by atoms with Gasteiger partial charge in [-0.2, -0.15) is 5.10 Å². The van der Waals surface area contributed by atoms with Crippen LogP contribution in [0.15, 0.2) is 77.9 Å². The van der Waals surface area contributed by atoms with Crippen LogP contribution in [0.3, 0.4) is 0 Å². The van der Waals surface area contributed by atoms with Crippen molar-refractivity contribution in [1.29, 1.82) is 0 Å². The number of carbonyl (C=O) groups excluding carboxylic acids is 1. The van der Waals surface area contributed by atoms with E-state index < -0.39 is 5.91 Å². The van der Waals surface area contributed by atoms with Gasteiger partial charge >= 0.3 is 0 Å². The molecule has 0 aliphatic heterocycles. The molecule has 0 aliphatic carbocycles. The van der Waals surface area contributed by atoms with Crippen LogP contribution in [0.1, 0.15) is 21.5 Å². The van der Waals surface area contributed by atoms with Crippen LogP contribution in [0.5, 0.6) is 11.5 Å². The number of benzene rings is 3. The first-order valence-corrected chi connectivity index (χ1v) is 8.97. The first kappa shape index (κ1) is 19.5. The molecule has 0 saturated heterocycles. The van der Waals surface area contributed by atoms with E-state index in [0.29, 0.717) is 22.9 Å². The van der Waals surface area contributed by atoms with Crippen molar-refractivity contribution >= 4 is 23.7 Å². The van der Waals surface area contributed by atoms with Crippen molar-refractivity contribution in [3.8, 4) is 11.5 Å². The monoisotopic (exact) mass is 394 g/mol. The third-order valence-corrected chi connectivity index (χ3v) is 4.13. The molecule has 0 fully saturated rings. The van der Waals surface area contributed by atoms with Crippen LogP contribution in [0.4, 0.5) is 0 Å². The summed E-state index contributed by atoms with van der Waals surface area (Å²) >= 11 is 5.95. The summed E-state index contributed by atoms with van der Waals surface area (Å²) in [7, 11) is 1.49. The highest BCUT2D eigenvalue weighted by atomic mass is 35.5. The molecule has 0 radical (unpaired) electrons. The van der Waals surface area contributed by atoms with Crippen LogP contribution in [0, 0.1) is 0 Å². The topological polar surface area (TPSA) is 59.9 Å². The Morgan fingerprint density at radius 1 is 1.07 bits per heavy atom. The second-order valence-corrected chi connectivity index (χ2v) is 6.33. The zero-order valence-corrected chi connectivity index (χ0v) is 16.0. The molecule has 0 bridgehead atoms. The summed E-state index contributed by atoms with van der Waals surface area (Å²) in [6, 6.07) is 22.2. The highest BCUT2D eigenvalue weighted by molar-refractivity contribution is 6.31. The van der Waals surface area contributed by atoms with Gasteiger partial charge < -0.3 is 9.47 Å². The van der Waals surface area contributed by atoms with Crippen molar-refractivity contribution in [3.05, 3.63) is 94.5 Å². The summed E-state index contributed by atoms with van der Waals surface area (Å²) in [5.74, 6) is 0.733. The molecule has 142 valence electrons. The van der Waals surface area contributed by atoms with E-state index in [-0.39, 0.29) is 0 Å². The summed E-state index contributed by atoms with van der Waals surface area (Å²) in [6.07, 6.45) is 1.55. The third-order valence-electron chi connectivity index (χ3n) is 3.89. The van der Waals surface area contributed by atoms with Gasteiger partial charge in [0.05, 0.1) is 18.9 Å². The van der Waals surface area contributed by atoms with E-state index in [4.69, 9.17) is 21.1 Å². The average Bonchev–Trinajstić information content (AvgIpc) is 2.73. The van der Waals surface area contributed by atoms with Gasteiger partial charge in [0.1, 0.15) is 18.1 Å². The maximum atomic E-state index is 12.3. The minimum Gasteiger partial charge on any atom is -0.496 e. The number of rotatable bonds is 7. The Morgan fingerprint density at radius 2 is 1.89 bits per heavy atom. The molecule has 28 heavy (non-hydrogen) atoms. The Bertz CT molecular complexity index is 975. The van der Waals surface area contributed by atoms with Crippen molar-refractivity contribution in [3.63, 3.8) is 0 Å². The molecule has 1 N–H and O–H groups in total. The molecule has 3 aromatic rings. The number of nitrogens with zero attached hydrogens (tertiary/aromatic N) is 1. The van der Waals surface area contributed by atoms with Crippen LogP contribution in [0.25, 0.3) is 0 Å². The highest BCUT2D eigenvalue weighted by Crippen LogP contribution is 2.22. The lowest BCUT2D eigenvalue weighted by molar-refractivity contribution is 0.0952. The molecular weight excluding hydrogens is 376 g/mol. The highest BCUT2D eigenvalue weighted by Gasteiger charge is 2.12. The molecule has 0 spiro atoms. The lowest BCUT2D eigenvalue weighted by atomic mass is 10.2. The van der Waals surface area contributed by atoms with Crippen molar-refractivity contribution in [2.24, 2.45) is 5.10 Å². The minimum atomic E-state index is -0.410. The number of hydrogen-bond donors (Lipinski definition) is 1. The fourth-order valence-corrected chi connectivity index (χ4v) is 2.68. The van der Waals surface area contributed by atoms with Gasteiger partial charge in [-0.1, -0.05) is 54.1 Å². The molecule has 3 aromatic carbocycles. The number of ether oxygens (including phenoxy) is 2. The summed E-state index contributed by atoms with van der Waals surface area (Å²) in [5.41, 5.74) is 4.67. The predicted octanol–water partition coefficient (Wildman–Crippen LogP) is 4.69. The Balaban J connectivity index is 1.61. The molecule has 5 nitrogen and oxygen atoms in total. The van der Waals surface area contributed by atoms with Gasteiger partial charge in [0.2, 0.25) is 0 Å². The van der Waals surface area contributed by atoms with Crippen LogP contribution < -0.4 is 14.9 Å². The second-order valence-electron chi connectivity index (χ2n) is 5.89. The van der Waals surface area contributed by atoms with Gasteiger partial charge in [0.15, 0.2) is 0 Å². The molecule has 1 amide bonds. The SMILES string of the molecule is COc1ccc(Cl)cc1C(=O)NN=Cc1cccc(OCc2ccccc2)c1.